The van der Waals surface area contributed by atoms with Gasteiger partial charge in [0.15, 0.2) is 0 Å². The lowest BCUT2D eigenvalue weighted by molar-refractivity contribution is 0.121. The van der Waals surface area contributed by atoms with Crippen molar-refractivity contribution in [2.24, 2.45) is 0 Å². The average molecular weight is 292 g/mol. The second-order valence-electron chi connectivity index (χ2n) is 6.72. The lowest BCUT2D eigenvalue weighted by atomic mass is 9.95. The van der Waals surface area contributed by atoms with E-state index in [1.807, 2.05) is 0 Å². The van der Waals surface area contributed by atoms with Gasteiger partial charge in [0.1, 0.15) is 17.5 Å². The van der Waals surface area contributed by atoms with E-state index in [9.17, 15) is 0 Å². The van der Waals surface area contributed by atoms with Crippen molar-refractivity contribution in [2.45, 2.75) is 52.6 Å². The van der Waals surface area contributed by atoms with Crippen LogP contribution in [-0.4, -0.2) is 42.8 Å². The van der Waals surface area contributed by atoms with Crippen LogP contribution in [0.1, 0.15) is 45.5 Å². The van der Waals surface area contributed by atoms with Crippen LogP contribution < -0.4 is 10.2 Å². The number of methoxy groups -OCH3 is 1. The molecule has 1 fully saturated rings. The van der Waals surface area contributed by atoms with E-state index in [1.54, 1.807) is 7.11 Å². The van der Waals surface area contributed by atoms with Gasteiger partial charge in [-0.1, -0.05) is 20.8 Å². The standard InChI is InChI=1S/C16H28N4O/c1-7-17-13-11(2)14(19-15(18-13)16(3,4)5)20-9-8-12(10-20)21-6/h12H,7-10H2,1-6H3,(H,17,18,19). The molecule has 0 radical (unpaired) electrons. The summed E-state index contributed by atoms with van der Waals surface area (Å²) >= 11 is 0. The normalized spacial score (nSPS) is 19.1. The van der Waals surface area contributed by atoms with Gasteiger partial charge in [0.2, 0.25) is 0 Å². The summed E-state index contributed by atoms with van der Waals surface area (Å²) in [7, 11) is 1.78. The second kappa shape index (κ2) is 6.18. The van der Waals surface area contributed by atoms with Gasteiger partial charge in [-0.05, 0) is 20.3 Å². The zero-order valence-corrected chi connectivity index (χ0v) is 14.2. The Labute approximate surface area is 128 Å². The number of hydrogen-bond acceptors (Lipinski definition) is 5. The molecule has 118 valence electrons. The third-order valence-corrected chi connectivity index (χ3v) is 3.91. The first-order valence-electron chi connectivity index (χ1n) is 7.77. The highest BCUT2D eigenvalue weighted by Crippen LogP contribution is 2.30. The lowest BCUT2D eigenvalue weighted by Crippen LogP contribution is -2.27. The summed E-state index contributed by atoms with van der Waals surface area (Å²) in [4.78, 5) is 11.9. The van der Waals surface area contributed by atoms with Gasteiger partial charge in [-0.15, -0.1) is 0 Å². The molecule has 2 rings (SSSR count). The van der Waals surface area contributed by atoms with Crippen molar-refractivity contribution in [1.29, 1.82) is 0 Å². The molecule has 1 atom stereocenters. The minimum absolute atomic E-state index is 0.0625. The van der Waals surface area contributed by atoms with Crippen molar-refractivity contribution in [3.8, 4) is 0 Å². The Kier molecular flexibility index (Phi) is 4.71. The van der Waals surface area contributed by atoms with E-state index in [0.717, 1.165) is 49.1 Å². The van der Waals surface area contributed by atoms with Crippen molar-refractivity contribution in [2.75, 3.05) is 37.0 Å². The summed E-state index contributed by atoms with van der Waals surface area (Å²) in [6, 6.07) is 0. The van der Waals surface area contributed by atoms with Gasteiger partial charge in [0.05, 0.1) is 6.10 Å². The molecule has 21 heavy (non-hydrogen) atoms. The van der Waals surface area contributed by atoms with Gasteiger partial charge in [-0.25, -0.2) is 9.97 Å². The number of anilines is 2. The summed E-state index contributed by atoms with van der Waals surface area (Å²) in [5.41, 5.74) is 1.06. The molecule has 5 nitrogen and oxygen atoms in total. The molecule has 5 heteroatoms. The van der Waals surface area contributed by atoms with E-state index in [1.165, 1.54) is 0 Å². The van der Waals surface area contributed by atoms with Crippen LogP contribution in [0.15, 0.2) is 0 Å². The minimum Gasteiger partial charge on any atom is -0.380 e. The molecule has 0 saturated carbocycles. The Balaban J connectivity index is 2.41. The second-order valence-corrected chi connectivity index (χ2v) is 6.72. The van der Waals surface area contributed by atoms with Gasteiger partial charge >= 0.3 is 0 Å². The molecule has 0 aromatic carbocycles. The predicted octanol–water partition coefficient (Wildman–Crippen LogP) is 2.74. The quantitative estimate of drug-likeness (QED) is 0.924. The van der Waals surface area contributed by atoms with E-state index in [4.69, 9.17) is 14.7 Å². The summed E-state index contributed by atoms with van der Waals surface area (Å²) in [6.45, 7) is 13.4. The van der Waals surface area contributed by atoms with Gasteiger partial charge in [0, 0.05) is 37.7 Å². The molecular formula is C16H28N4O. The van der Waals surface area contributed by atoms with Crippen molar-refractivity contribution in [3.05, 3.63) is 11.4 Å². The number of nitrogens with one attached hydrogen (secondary N) is 1. The van der Waals surface area contributed by atoms with E-state index >= 15 is 0 Å². The van der Waals surface area contributed by atoms with Crippen LogP contribution in [0.25, 0.3) is 0 Å². The molecule has 1 N–H and O–H groups in total. The van der Waals surface area contributed by atoms with E-state index in [2.05, 4.69) is 44.8 Å². The van der Waals surface area contributed by atoms with Crippen molar-refractivity contribution in [3.63, 3.8) is 0 Å². The van der Waals surface area contributed by atoms with Gasteiger partial charge in [-0.3, -0.25) is 0 Å². The summed E-state index contributed by atoms with van der Waals surface area (Å²) in [6.07, 6.45) is 1.36. The molecule has 0 bridgehead atoms. The first-order chi connectivity index (χ1) is 9.86. The largest absolute Gasteiger partial charge is 0.380 e. The number of hydrogen-bond donors (Lipinski definition) is 1. The fourth-order valence-electron chi connectivity index (χ4n) is 2.60. The van der Waals surface area contributed by atoms with E-state index < -0.39 is 0 Å². The Morgan fingerprint density at radius 3 is 2.57 bits per heavy atom. The number of rotatable bonds is 4. The molecule has 0 aliphatic carbocycles. The monoisotopic (exact) mass is 292 g/mol. The highest BCUT2D eigenvalue weighted by molar-refractivity contribution is 5.59. The molecule has 1 aromatic rings. The smallest absolute Gasteiger partial charge is 0.138 e. The lowest BCUT2D eigenvalue weighted by Gasteiger charge is -2.25. The Hall–Kier alpha value is -1.36. The Bertz CT molecular complexity index is 496. The zero-order chi connectivity index (χ0) is 15.6. The predicted molar refractivity (Wildman–Crippen MR) is 87.3 cm³/mol. The molecule has 1 aliphatic rings. The van der Waals surface area contributed by atoms with Crippen LogP contribution in [0.5, 0.6) is 0 Å². The molecule has 1 saturated heterocycles. The maximum Gasteiger partial charge on any atom is 0.138 e. The fourth-order valence-corrected chi connectivity index (χ4v) is 2.60. The molecule has 1 unspecified atom stereocenters. The van der Waals surface area contributed by atoms with E-state index in [0.29, 0.717) is 6.10 Å². The molecule has 0 spiro atoms. The van der Waals surface area contributed by atoms with Gasteiger partial charge in [-0.2, -0.15) is 0 Å². The first kappa shape index (κ1) is 16.0. The summed E-state index contributed by atoms with van der Waals surface area (Å²) in [5, 5.41) is 3.37. The van der Waals surface area contributed by atoms with Crippen molar-refractivity contribution in [1.82, 2.24) is 9.97 Å². The fraction of sp³-hybridized carbons (Fsp3) is 0.750. The zero-order valence-electron chi connectivity index (χ0n) is 14.2. The van der Waals surface area contributed by atoms with Crippen LogP contribution in [0.4, 0.5) is 11.6 Å². The number of ether oxygens (including phenoxy) is 1. The maximum absolute atomic E-state index is 5.48. The van der Waals surface area contributed by atoms with Crippen LogP contribution in [0, 0.1) is 6.92 Å². The third-order valence-electron chi connectivity index (χ3n) is 3.91. The summed E-state index contributed by atoms with van der Waals surface area (Å²) < 4.78 is 5.48. The molecule has 0 amide bonds. The third kappa shape index (κ3) is 3.46. The minimum atomic E-state index is -0.0625. The number of aromatic nitrogens is 2. The molecular weight excluding hydrogens is 264 g/mol. The topological polar surface area (TPSA) is 50.3 Å². The highest BCUT2D eigenvalue weighted by Gasteiger charge is 2.28. The molecule has 1 aliphatic heterocycles. The Morgan fingerprint density at radius 1 is 1.33 bits per heavy atom. The summed E-state index contributed by atoms with van der Waals surface area (Å²) in [5.74, 6) is 2.89. The maximum atomic E-state index is 5.48. The van der Waals surface area contributed by atoms with Crippen molar-refractivity contribution >= 4 is 11.6 Å². The van der Waals surface area contributed by atoms with Crippen molar-refractivity contribution < 1.29 is 4.74 Å². The number of nitrogens with zero attached hydrogens (tertiary/aromatic N) is 3. The van der Waals surface area contributed by atoms with Crippen LogP contribution >= 0.6 is 0 Å². The SMILES string of the molecule is CCNc1nc(C(C)(C)C)nc(N2CCC(OC)C2)c1C. The average Bonchev–Trinajstić information content (AvgIpc) is 2.88. The highest BCUT2D eigenvalue weighted by atomic mass is 16.5. The van der Waals surface area contributed by atoms with Crippen LogP contribution in [-0.2, 0) is 10.2 Å². The molecule has 1 aromatic heterocycles. The van der Waals surface area contributed by atoms with Gasteiger partial charge in [0.25, 0.3) is 0 Å². The van der Waals surface area contributed by atoms with E-state index in [-0.39, 0.29) is 5.41 Å². The van der Waals surface area contributed by atoms with Crippen LogP contribution in [0.3, 0.4) is 0 Å². The molecule has 2 heterocycles. The first-order valence-corrected chi connectivity index (χ1v) is 7.77. The van der Waals surface area contributed by atoms with Gasteiger partial charge < -0.3 is 15.0 Å². The Morgan fingerprint density at radius 2 is 2.05 bits per heavy atom. The van der Waals surface area contributed by atoms with Crippen LogP contribution in [0.2, 0.25) is 0 Å².